The van der Waals surface area contributed by atoms with Gasteiger partial charge in [0.1, 0.15) is 0 Å². The van der Waals surface area contributed by atoms with Crippen LogP contribution in [0.1, 0.15) is 37.9 Å². The first kappa shape index (κ1) is 12.6. The molecule has 0 bridgehead atoms. The summed E-state index contributed by atoms with van der Waals surface area (Å²) in [6.45, 7) is 3.73. The van der Waals surface area contributed by atoms with Crippen molar-refractivity contribution in [3.05, 3.63) is 18.0 Å². The molecule has 1 fully saturated rings. The third kappa shape index (κ3) is 3.08. The van der Waals surface area contributed by atoms with Crippen LogP contribution in [0.2, 0.25) is 0 Å². The van der Waals surface area contributed by atoms with Crippen molar-refractivity contribution >= 4 is 10.0 Å². The number of nitrogens with zero attached hydrogens (tertiary/aromatic N) is 1. The van der Waals surface area contributed by atoms with Gasteiger partial charge in [0.15, 0.2) is 0 Å². The molecule has 96 valence electrons. The SMILES string of the molecule is CCCNCc1cc(S(N)(=O)=O)cn1C1CC1. The molecule has 0 aromatic carbocycles. The van der Waals surface area contributed by atoms with Gasteiger partial charge in [0.2, 0.25) is 10.0 Å². The zero-order chi connectivity index (χ0) is 12.5. The minimum Gasteiger partial charge on any atom is -0.346 e. The fourth-order valence-corrected chi connectivity index (χ4v) is 2.44. The molecule has 0 spiro atoms. The second-order valence-electron chi connectivity index (χ2n) is 4.53. The lowest BCUT2D eigenvalue weighted by Gasteiger charge is -2.07. The van der Waals surface area contributed by atoms with E-state index in [0.717, 1.165) is 31.5 Å². The Hall–Kier alpha value is -0.850. The van der Waals surface area contributed by atoms with Crippen molar-refractivity contribution < 1.29 is 8.42 Å². The fraction of sp³-hybridized carbons (Fsp3) is 0.636. The molecule has 17 heavy (non-hydrogen) atoms. The van der Waals surface area contributed by atoms with E-state index in [2.05, 4.69) is 12.2 Å². The zero-order valence-electron chi connectivity index (χ0n) is 10.0. The molecule has 0 radical (unpaired) electrons. The molecular formula is C11H19N3O2S. The molecule has 5 nitrogen and oxygen atoms in total. The molecule has 0 saturated heterocycles. The molecule has 1 aliphatic carbocycles. The molecule has 2 rings (SSSR count). The Labute approximate surface area is 102 Å². The normalized spacial score (nSPS) is 16.4. The maximum atomic E-state index is 11.3. The summed E-state index contributed by atoms with van der Waals surface area (Å²) in [5, 5.41) is 8.44. The first-order valence-corrected chi connectivity index (χ1v) is 7.51. The largest absolute Gasteiger partial charge is 0.346 e. The van der Waals surface area contributed by atoms with E-state index in [0.29, 0.717) is 12.6 Å². The van der Waals surface area contributed by atoms with E-state index in [-0.39, 0.29) is 4.90 Å². The second-order valence-corrected chi connectivity index (χ2v) is 6.09. The highest BCUT2D eigenvalue weighted by Gasteiger charge is 2.27. The van der Waals surface area contributed by atoms with Crippen LogP contribution in [0.15, 0.2) is 17.2 Å². The lowest BCUT2D eigenvalue weighted by atomic mass is 10.4. The summed E-state index contributed by atoms with van der Waals surface area (Å²) >= 11 is 0. The van der Waals surface area contributed by atoms with E-state index in [1.807, 2.05) is 4.57 Å². The summed E-state index contributed by atoms with van der Waals surface area (Å²) in [6.07, 6.45) is 4.97. The Morgan fingerprint density at radius 2 is 2.24 bits per heavy atom. The van der Waals surface area contributed by atoms with E-state index in [1.54, 1.807) is 12.3 Å². The number of hydrogen-bond acceptors (Lipinski definition) is 3. The smallest absolute Gasteiger partial charge is 0.239 e. The van der Waals surface area contributed by atoms with Crippen molar-refractivity contribution in [2.75, 3.05) is 6.54 Å². The van der Waals surface area contributed by atoms with Crippen LogP contribution in [0.3, 0.4) is 0 Å². The van der Waals surface area contributed by atoms with Crippen LogP contribution in [0.5, 0.6) is 0 Å². The quantitative estimate of drug-likeness (QED) is 0.745. The number of nitrogens with two attached hydrogens (primary N) is 1. The molecule has 1 aromatic heterocycles. The number of nitrogens with one attached hydrogen (secondary N) is 1. The van der Waals surface area contributed by atoms with E-state index in [4.69, 9.17) is 5.14 Å². The van der Waals surface area contributed by atoms with Gasteiger partial charge in [-0.05, 0) is 31.9 Å². The topological polar surface area (TPSA) is 77.1 Å². The van der Waals surface area contributed by atoms with Gasteiger partial charge in [-0.25, -0.2) is 13.6 Å². The maximum Gasteiger partial charge on any atom is 0.239 e. The summed E-state index contributed by atoms with van der Waals surface area (Å²) in [7, 11) is -3.59. The predicted octanol–water partition coefficient (Wildman–Crippen LogP) is 0.970. The molecule has 1 aliphatic rings. The van der Waals surface area contributed by atoms with Crippen LogP contribution >= 0.6 is 0 Å². The van der Waals surface area contributed by atoms with Crippen LogP contribution in [0, 0.1) is 0 Å². The fourth-order valence-electron chi connectivity index (χ4n) is 1.88. The second kappa shape index (κ2) is 4.80. The molecule has 0 aliphatic heterocycles. The van der Waals surface area contributed by atoms with Gasteiger partial charge in [0.05, 0.1) is 4.90 Å². The Kier molecular flexibility index (Phi) is 3.56. The molecule has 3 N–H and O–H groups in total. The highest BCUT2D eigenvalue weighted by molar-refractivity contribution is 7.89. The van der Waals surface area contributed by atoms with Gasteiger partial charge in [-0.3, -0.25) is 0 Å². The minimum absolute atomic E-state index is 0.220. The number of primary sulfonamides is 1. The monoisotopic (exact) mass is 257 g/mol. The summed E-state index contributed by atoms with van der Waals surface area (Å²) in [5.74, 6) is 0. The molecule has 0 unspecified atom stereocenters. The Bertz CT molecular complexity index is 489. The highest BCUT2D eigenvalue weighted by atomic mass is 32.2. The van der Waals surface area contributed by atoms with Gasteiger partial charge < -0.3 is 9.88 Å². The average Bonchev–Trinajstić information content (AvgIpc) is 2.99. The first-order chi connectivity index (χ1) is 8.02. The molecule has 1 saturated carbocycles. The number of aromatic nitrogens is 1. The van der Waals surface area contributed by atoms with Crippen LogP contribution in [0.25, 0.3) is 0 Å². The molecule has 6 heteroatoms. The van der Waals surface area contributed by atoms with Gasteiger partial charge in [-0.2, -0.15) is 0 Å². The van der Waals surface area contributed by atoms with Crippen molar-refractivity contribution in [3.63, 3.8) is 0 Å². The van der Waals surface area contributed by atoms with E-state index >= 15 is 0 Å². The van der Waals surface area contributed by atoms with E-state index in [9.17, 15) is 8.42 Å². The zero-order valence-corrected chi connectivity index (χ0v) is 10.8. The van der Waals surface area contributed by atoms with Crippen LogP contribution in [-0.2, 0) is 16.6 Å². The Morgan fingerprint density at radius 1 is 1.53 bits per heavy atom. The highest BCUT2D eigenvalue weighted by Crippen LogP contribution is 2.37. The Balaban J connectivity index is 2.20. The molecule has 1 aromatic rings. The molecule has 0 atom stereocenters. The van der Waals surface area contributed by atoms with Crippen LogP contribution in [0.4, 0.5) is 0 Å². The van der Waals surface area contributed by atoms with Gasteiger partial charge >= 0.3 is 0 Å². The Morgan fingerprint density at radius 3 is 2.76 bits per heavy atom. The lowest BCUT2D eigenvalue weighted by molar-refractivity contribution is 0.597. The van der Waals surface area contributed by atoms with Crippen molar-refractivity contribution in [3.8, 4) is 0 Å². The van der Waals surface area contributed by atoms with Gasteiger partial charge in [-0.1, -0.05) is 6.92 Å². The van der Waals surface area contributed by atoms with Crippen molar-refractivity contribution in [2.45, 2.75) is 43.7 Å². The summed E-state index contributed by atoms with van der Waals surface area (Å²) in [5.41, 5.74) is 1.00. The van der Waals surface area contributed by atoms with Crippen molar-refractivity contribution in [2.24, 2.45) is 5.14 Å². The lowest BCUT2D eigenvalue weighted by Crippen LogP contribution is -2.16. The maximum absolute atomic E-state index is 11.3. The van der Waals surface area contributed by atoms with Gasteiger partial charge in [-0.15, -0.1) is 0 Å². The minimum atomic E-state index is -3.59. The third-order valence-corrected chi connectivity index (χ3v) is 3.79. The average molecular weight is 257 g/mol. The first-order valence-electron chi connectivity index (χ1n) is 5.96. The van der Waals surface area contributed by atoms with Crippen molar-refractivity contribution in [1.29, 1.82) is 0 Å². The molecular weight excluding hydrogens is 238 g/mol. The van der Waals surface area contributed by atoms with Crippen LogP contribution < -0.4 is 10.5 Å². The van der Waals surface area contributed by atoms with Gasteiger partial charge in [0, 0.05) is 24.5 Å². The number of sulfonamides is 1. The van der Waals surface area contributed by atoms with Crippen LogP contribution in [-0.4, -0.2) is 19.5 Å². The van der Waals surface area contributed by atoms with E-state index < -0.39 is 10.0 Å². The number of rotatable bonds is 6. The molecule has 1 heterocycles. The summed E-state index contributed by atoms with van der Waals surface area (Å²) < 4.78 is 24.7. The van der Waals surface area contributed by atoms with Crippen molar-refractivity contribution in [1.82, 2.24) is 9.88 Å². The summed E-state index contributed by atoms with van der Waals surface area (Å²) in [4.78, 5) is 0.220. The standard InChI is InChI=1S/C11H19N3O2S/c1-2-5-13-7-10-6-11(17(12,15)16)8-14(10)9-3-4-9/h6,8-9,13H,2-5,7H2,1H3,(H2,12,15,16). The predicted molar refractivity (Wildman–Crippen MR) is 66.1 cm³/mol. The summed E-state index contributed by atoms with van der Waals surface area (Å²) in [6, 6.07) is 2.14. The van der Waals surface area contributed by atoms with E-state index in [1.165, 1.54) is 0 Å². The third-order valence-electron chi connectivity index (χ3n) is 2.91. The number of hydrogen-bond donors (Lipinski definition) is 2. The molecule has 0 amide bonds. The van der Waals surface area contributed by atoms with Gasteiger partial charge in [0.25, 0.3) is 0 Å².